The van der Waals surface area contributed by atoms with Gasteiger partial charge in [0.15, 0.2) is 6.23 Å². The third kappa shape index (κ3) is 2.41. The van der Waals surface area contributed by atoms with Gasteiger partial charge in [0.05, 0.1) is 13.0 Å². The van der Waals surface area contributed by atoms with Gasteiger partial charge in [-0.2, -0.15) is 0 Å². The van der Waals surface area contributed by atoms with Gasteiger partial charge < -0.3 is 14.7 Å². The highest BCUT2D eigenvalue weighted by Crippen LogP contribution is 2.28. The Morgan fingerprint density at radius 2 is 2.35 bits per heavy atom. The molecular formula is C11H10BrNO4. The number of hydrogen-bond acceptors (Lipinski definition) is 4. The van der Waals surface area contributed by atoms with Crippen molar-refractivity contribution in [3.63, 3.8) is 0 Å². The molecule has 1 N–H and O–H groups in total. The Hall–Kier alpha value is -1.56. The van der Waals surface area contributed by atoms with Gasteiger partial charge >= 0.3 is 0 Å². The summed E-state index contributed by atoms with van der Waals surface area (Å²) in [6.45, 7) is 0.558. The van der Waals surface area contributed by atoms with Gasteiger partial charge in [-0.15, -0.1) is 0 Å². The van der Waals surface area contributed by atoms with Crippen molar-refractivity contribution in [2.45, 2.75) is 19.2 Å². The molecule has 90 valence electrons. The van der Waals surface area contributed by atoms with Crippen LogP contribution in [0.25, 0.3) is 0 Å². The van der Waals surface area contributed by atoms with E-state index < -0.39 is 6.23 Å². The molecule has 0 aromatic heterocycles. The van der Waals surface area contributed by atoms with Crippen molar-refractivity contribution < 1.29 is 19.4 Å². The minimum absolute atomic E-state index is 0.0980. The molecule has 1 atom stereocenters. The van der Waals surface area contributed by atoms with Gasteiger partial charge in [0.25, 0.3) is 6.47 Å². The molecule has 1 amide bonds. The number of benzene rings is 1. The summed E-state index contributed by atoms with van der Waals surface area (Å²) in [4.78, 5) is 22.9. The zero-order valence-corrected chi connectivity index (χ0v) is 10.4. The molecule has 1 aliphatic rings. The fraction of sp³-hybridized carbons (Fsp3) is 0.273. The average Bonchev–Trinajstić information content (AvgIpc) is 2.27. The Morgan fingerprint density at radius 3 is 2.94 bits per heavy atom. The van der Waals surface area contributed by atoms with Crippen molar-refractivity contribution in [1.82, 2.24) is 4.90 Å². The van der Waals surface area contributed by atoms with Crippen LogP contribution >= 0.6 is 15.9 Å². The molecule has 17 heavy (non-hydrogen) atoms. The molecule has 0 aliphatic carbocycles. The average molecular weight is 300 g/mol. The standard InChI is InChI=1S/C11H10BrNO4/c12-8-2-1-7(9(15)3-8)5-13-10(16)4-11(13)17-6-14/h1-3,6,11,15H,4-5H2. The van der Waals surface area contributed by atoms with Crippen molar-refractivity contribution in [1.29, 1.82) is 0 Å². The molecule has 1 unspecified atom stereocenters. The third-order valence-electron chi connectivity index (χ3n) is 2.62. The van der Waals surface area contributed by atoms with Crippen molar-refractivity contribution in [3.05, 3.63) is 28.2 Å². The maximum atomic E-state index is 11.3. The Bertz CT molecular complexity index is 461. The summed E-state index contributed by atoms with van der Waals surface area (Å²) < 4.78 is 5.49. The first-order valence-corrected chi connectivity index (χ1v) is 5.77. The summed E-state index contributed by atoms with van der Waals surface area (Å²) in [5.74, 6) is 0.00287. The van der Waals surface area contributed by atoms with Crippen molar-refractivity contribution in [2.75, 3.05) is 0 Å². The largest absolute Gasteiger partial charge is 0.508 e. The maximum absolute atomic E-state index is 11.3. The van der Waals surface area contributed by atoms with Crippen LogP contribution in [0.1, 0.15) is 12.0 Å². The number of aromatic hydroxyl groups is 1. The summed E-state index contributed by atoms with van der Waals surface area (Å²) in [6, 6.07) is 5.03. The van der Waals surface area contributed by atoms with E-state index in [1.165, 1.54) is 4.90 Å². The zero-order chi connectivity index (χ0) is 12.4. The third-order valence-corrected chi connectivity index (χ3v) is 3.11. The highest BCUT2D eigenvalue weighted by molar-refractivity contribution is 9.10. The molecule has 1 fully saturated rings. The highest BCUT2D eigenvalue weighted by Gasteiger charge is 2.37. The number of hydrogen-bond donors (Lipinski definition) is 1. The first kappa shape index (κ1) is 11.9. The normalized spacial score (nSPS) is 18.8. The molecule has 0 bridgehead atoms. The second kappa shape index (κ2) is 4.75. The van der Waals surface area contributed by atoms with E-state index in [0.29, 0.717) is 12.0 Å². The van der Waals surface area contributed by atoms with E-state index in [-0.39, 0.29) is 24.6 Å². The fourth-order valence-electron chi connectivity index (χ4n) is 1.65. The summed E-state index contributed by atoms with van der Waals surface area (Å²) in [6.07, 6.45) is -0.307. The zero-order valence-electron chi connectivity index (χ0n) is 8.80. The van der Waals surface area contributed by atoms with Crippen molar-refractivity contribution in [3.8, 4) is 5.75 Å². The number of halogens is 1. The molecule has 1 aliphatic heterocycles. The number of amides is 1. The Balaban J connectivity index is 2.09. The van der Waals surface area contributed by atoms with Crippen LogP contribution < -0.4 is 0 Å². The summed E-state index contributed by atoms with van der Waals surface area (Å²) in [5, 5.41) is 9.68. The number of phenolic OH excluding ortho intramolecular Hbond substituents is 1. The van der Waals surface area contributed by atoms with Crippen LogP contribution in [-0.2, 0) is 20.9 Å². The molecule has 1 saturated heterocycles. The van der Waals surface area contributed by atoms with Gasteiger partial charge in [-0.1, -0.05) is 22.0 Å². The number of likely N-dealkylation sites (tertiary alicyclic amines) is 1. The Labute approximate surface area is 106 Å². The van der Waals surface area contributed by atoms with Crippen LogP contribution in [-0.4, -0.2) is 28.6 Å². The van der Waals surface area contributed by atoms with Crippen LogP contribution in [0.2, 0.25) is 0 Å². The van der Waals surface area contributed by atoms with Gasteiger partial charge in [0, 0.05) is 10.0 Å². The van der Waals surface area contributed by atoms with Gasteiger partial charge in [-0.3, -0.25) is 9.59 Å². The first-order valence-electron chi connectivity index (χ1n) is 4.98. The smallest absolute Gasteiger partial charge is 0.295 e. The second-order valence-electron chi connectivity index (χ2n) is 3.69. The highest BCUT2D eigenvalue weighted by atomic mass is 79.9. The predicted molar refractivity (Wildman–Crippen MR) is 61.9 cm³/mol. The molecule has 5 nitrogen and oxygen atoms in total. The minimum Gasteiger partial charge on any atom is -0.508 e. The summed E-state index contributed by atoms with van der Waals surface area (Å²) >= 11 is 3.23. The predicted octanol–water partition coefficient (Wildman–Crippen LogP) is 1.39. The summed E-state index contributed by atoms with van der Waals surface area (Å²) in [7, 11) is 0. The molecule has 0 radical (unpaired) electrons. The molecule has 0 spiro atoms. The molecule has 1 aromatic carbocycles. The SMILES string of the molecule is O=COC1CC(=O)N1Cc1ccc(Br)cc1O. The van der Waals surface area contributed by atoms with E-state index in [1.54, 1.807) is 18.2 Å². The van der Waals surface area contributed by atoms with Gasteiger partial charge in [0.2, 0.25) is 5.91 Å². The minimum atomic E-state index is -0.511. The first-order chi connectivity index (χ1) is 8.11. The van der Waals surface area contributed by atoms with E-state index in [0.717, 1.165) is 4.47 Å². The maximum Gasteiger partial charge on any atom is 0.295 e. The number of phenols is 1. The van der Waals surface area contributed by atoms with Gasteiger partial charge in [0.1, 0.15) is 5.75 Å². The molecule has 0 saturated carbocycles. The lowest BCUT2D eigenvalue weighted by Gasteiger charge is -2.38. The number of nitrogens with zero attached hydrogens (tertiary/aromatic N) is 1. The molecular weight excluding hydrogens is 290 g/mol. The van der Waals surface area contributed by atoms with Crippen LogP contribution in [0.4, 0.5) is 0 Å². The monoisotopic (exact) mass is 299 g/mol. The Kier molecular flexibility index (Phi) is 3.33. The summed E-state index contributed by atoms with van der Waals surface area (Å²) in [5.41, 5.74) is 0.612. The van der Waals surface area contributed by atoms with E-state index in [9.17, 15) is 14.7 Å². The van der Waals surface area contributed by atoms with E-state index in [1.807, 2.05) is 0 Å². The Morgan fingerprint density at radius 1 is 1.59 bits per heavy atom. The molecule has 2 rings (SSSR count). The lowest BCUT2D eigenvalue weighted by Crippen LogP contribution is -2.53. The number of carbonyl (C=O) groups excluding carboxylic acids is 2. The van der Waals surface area contributed by atoms with Crippen molar-refractivity contribution in [2.24, 2.45) is 0 Å². The van der Waals surface area contributed by atoms with Crippen LogP contribution in [0.3, 0.4) is 0 Å². The number of β-lactam (4-membered cyclic amide) rings is 1. The number of ether oxygens (including phenoxy) is 1. The van der Waals surface area contributed by atoms with Crippen LogP contribution in [0, 0.1) is 0 Å². The quantitative estimate of drug-likeness (QED) is 0.674. The molecule has 6 heteroatoms. The van der Waals surface area contributed by atoms with E-state index in [4.69, 9.17) is 4.74 Å². The second-order valence-corrected chi connectivity index (χ2v) is 4.60. The van der Waals surface area contributed by atoms with Gasteiger partial charge in [-0.05, 0) is 12.1 Å². The number of carbonyl (C=O) groups is 2. The van der Waals surface area contributed by atoms with E-state index in [2.05, 4.69) is 15.9 Å². The number of rotatable bonds is 4. The topological polar surface area (TPSA) is 66.8 Å². The molecule has 1 aromatic rings. The van der Waals surface area contributed by atoms with E-state index >= 15 is 0 Å². The van der Waals surface area contributed by atoms with Gasteiger partial charge in [-0.25, -0.2) is 0 Å². The van der Waals surface area contributed by atoms with Crippen LogP contribution in [0.5, 0.6) is 5.75 Å². The fourth-order valence-corrected chi connectivity index (χ4v) is 2.00. The lowest BCUT2D eigenvalue weighted by molar-refractivity contribution is -0.177. The lowest BCUT2D eigenvalue weighted by atomic mass is 10.1. The van der Waals surface area contributed by atoms with Crippen LogP contribution in [0.15, 0.2) is 22.7 Å². The van der Waals surface area contributed by atoms with Crippen molar-refractivity contribution >= 4 is 28.3 Å². The molecule has 1 heterocycles.